The Morgan fingerprint density at radius 2 is 1.95 bits per heavy atom. The zero-order chi connectivity index (χ0) is 15.0. The molecule has 7 heteroatoms. The number of imidazole rings is 1. The molecule has 1 aromatic heterocycles. The predicted octanol–water partition coefficient (Wildman–Crippen LogP) is 3.76. The fourth-order valence-electron chi connectivity index (χ4n) is 1.96. The lowest BCUT2D eigenvalue weighted by Crippen LogP contribution is -1.98. The number of nitrogens with one attached hydrogen (secondary N) is 1. The quantitative estimate of drug-likeness (QED) is 0.713. The Morgan fingerprint density at radius 3 is 2.71 bits per heavy atom. The third-order valence-electron chi connectivity index (χ3n) is 2.98. The van der Waals surface area contributed by atoms with Crippen LogP contribution in [0, 0.1) is 0 Å². The van der Waals surface area contributed by atoms with Crippen LogP contribution in [0.15, 0.2) is 41.6 Å². The van der Waals surface area contributed by atoms with Crippen molar-refractivity contribution >= 4 is 50.7 Å². The van der Waals surface area contributed by atoms with Gasteiger partial charge in [0.15, 0.2) is 5.16 Å². The number of aromatic nitrogens is 2. The second-order valence-electron chi connectivity index (χ2n) is 4.56. The van der Waals surface area contributed by atoms with Crippen LogP contribution in [-0.4, -0.2) is 14.2 Å². The maximum Gasteiger partial charge on any atom is 0.197 e. The van der Waals surface area contributed by atoms with Gasteiger partial charge in [-0.25, -0.2) is 4.98 Å². The van der Waals surface area contributed by atoms with E-state index in [0.29, 0.717) is 26.6 Å². The largest absolute Gasteiger partial charge is 0.399 e. The van der Waals surface area contributed by atoms with Crippen LogP contribution in [0.5, 0.6) is 0 Å². The first-order valence-electron chi connectivity index (χ1n) is 6.10. The summed E-state index contributed by atoms with van der Waals surface area (Å²) in [5.41, 5.74) is 8.69. The van der Waals surface area contributed by atoms with Crippen molar-refractivity contribution in [3.8, 4) is 0 Å². The molecule has 0 saturated carbocycles. The van der Waals surface area contributed by atoms with Crippen LogP contribution in [0.25, 0.3) is 11.0 Å². The minimum atomic E-state index is -1.30. The lowest BCUT2D eigenvalue weighted by atomic mass is 10.2. The average molecular weight is 340 g/mol. The number of aromatic amines is 1. The highest BCUT2D eigenvalue weighted by atomic mass is 35.5. The number of hydrogen-bond donors (Lipinski definition) is 2. The van der Waals surface area contributed by atoms with Crippen LogP contribution in [-0.2, 0) is 16.6 Å². The number of nitrogens with zero attached hydrogens (tertiary/aromatic N) is 1. The van der Waals surface area contributed by atoms with Gasteiger partial charge in [-0.15, -0.1) is 0 Å². The van der Waals surface area contributed by atoms with Crippen LogP contribution in [0.3, 0.4) is 0 Å². The van der Waals surface area contributed by atoms with E-state index in [1.54, 1.807) is 36.4 Å². The van der Waals surface area contributed by atoms with Gasteiger partial charge in [0.2, 0.25) is 0 Å². The van der Waals surface area contributed by atoms with E-state index in [1.165, 1.54) is 0 Å². The van der Waals surface area contributed by atoms with E-state index in [4.69, 9.17) is 28.9 Å². The number of benzene rings is 2. The summed E-state index contributed by atoms with van der Waals surface area (Å²) in [4.78, 5) is 7.35. The zero-order valence-electron chi connectivity index (χ0n) is 10.8. The first kappa shape index (κ1) is 14.4. The Balaban J connectivity index is 1.87. The van der Waals surface area contributed by atoms with Gasteiger partial charge in [-0.2, -0.15) is 0 Å². The second-order valence-corrected chi connectivity index (χ2v) is 6.74. The Morgan fingerprint density at radius 1 is 1.14 bits per heavy atom. The Hall–Kier alpha value is -1.56. The molecule has 2 aromatic carbocycles. The summed E-state index contributed by atoms with van der Waals surface area (Å²) in [6.07, 6.45) is 0. The van der Waals surface area contributed by atoms with Crippen molar-refractivity contribution < 1.29 is 4.21 Å². The molecule has 0 spiro atoms. The van der Waals surface area contributed by atoms with Crippen molar-refractivity contribution in [2.45, 2.75) is 10.9 Å². The molecule has 0 fully saturated rings. The number of nitrogens with two attached hydrogens (primary N) is 1. The van der Waals surface area contributed by atoms with Gasteiger partial charge in [0.05, 0.1) is 37.6 Å². The van der Waals surface area contributed by atoms with E-state index < -0.39 is 10.8 Å². The van der Waals surface area contributed by atoms with Crippen LogP contribution in [0.4, 0.5) is 5.69 Å². The van der Waals surface area contributed by atoms with Gasteiger partial charge in [-0.1, -0.05) is 29.3 Å². The third kappa shape index (κ3) is 3.05. The van der Waals surface area contributed by atoms with Gasteiger partial charge in [-0.3, -0.25) is 4.21 Å². The highest BCUT2D eigenvalue weighted by Gasteiger charge is 2.12. The van der Waals surface area contributed by atoms with E-state index in [2.05, 4.69) is 9.97 Å². The van der Waals surface area contributed by atoms with Gasteiger partial charge in [-0.05, 0) is 35.9 Å². The molecule has 0 saturated heterocycles. The minimum absolute atomic E-state index is 0.312. The lowest BCUT2D eigenvalue weighted by molar-refractivity contribution is 0.677. The molecule has 3 aromatic rings. The first-order chi connectivity index (χ1) is 10.0. The maximum atomic E-state index is 12.4. The number of anilines is 1. The summed E-state index contributed by atoms with van der Waals surface area (Å²) in [6.45, 7) is 0. The number of halogens is 2. The normalized spacial score (nSPS) is 12.7. The minimum Gasteiger partial charge on any atom is -0.399 e. The molecular formula is C14H11Cl2N3OS. The van der Waals surface area contributed by atoms with Crippen molar-refractivity contribution in [3.05, 3.63) is 52.0 Å². The van der Waals surface area contributed by atoms with Crippen molar-refractivity contribution in [1.29, 1.82) is 0 Å². The molecule has 0 bridgehead atoms. The average Bonchev–Trinajstić information content (AvgIpc) is 2.86. The summed E-state index contributed by atoms with van der Waals surface area (Å²) in [7, 11) is -1.30. The molecule has 21 heavy (non-hydrogen) atoms. The lowest BCUT2D eigenvalue weighted by Gasteiger charge is -2.02. The summed E-state index contributed by atoms with van der Waals surface area (Å²) < 4.78 is 12.4. The Kier molecular flexibility index (Phi) is 3.89. The molecule has 0 aliphatic carbocycles. The highest BCUT2D eigenvalue weighted by molar-refractivity contribution is 7.84. The van der Waals surface area contributed by atoms with Crippen LogP contribution < -0.4 is 5.73 Å². The SMILES string of the molecule is Nc1ccc2nc(S(=O)Cc3ccc(Cl)c(Cl)c3)[nH]c2c1. The predicted molar refractivity (Wildman–Crippen MR) is 87.1 cm³/mol. The number of nitrogen functional groups attached to an aromatic ring is 1. The Bertz CT molecular complexity index is 847. The van der Waals surface area contributed by atoms with E-state index in [1.807, 2.05) is 0 Å². The number of fused-ring (bicyclic) bond motifs is 1. The summed E-state index contributed by atoms with van der Waals surface area (Å²) in [5, 5.41) is 1.34. The molecule has 3 rings (SSSR count). The van der Waals surface area contributed by atoms with E-state index in [0.717, 1.165) is 16.6 Å². The summed E-state index contributed by atoms with van der Waals surface area (Å²) in [6, 6.07) is 10.5. The molecule has 0 amide bonds. The monoisotopic (exact) mass is 339 g/mol. The van der Waals surface area contributed by atoms with Crippen LogP contribution >= 0.6 is 23.2 Å². The van der Waals surface area contributed by atoms with Gasteiger partial charge >= 0.3 is 0 Å². The summed E-state index contributed by atoms with van der Waals surface area (Å²) >= 11 is 11.8. The first-order valence-corrected chi connectivity index (χ1v) is 8.18. The number of H-pyrrole nitrogens is 1. The molecule has 0 aliphatic heterocycles. The molecular weight excluding hydrogens is 329 g/mol. The second kappa shape index (κ2) is 5.67. The van der Waals surface area contributed by atoms with Gasteiger partial charge < -0.3 is 10.7 Å². The van der Waals surface area contributed by atoms with Gasteiger partial charge in [0.25, 0.3) is 0 Å². The molecule has 1 heterocycles. The fourth-order valence-corrected chi connectivity index (χ4v) is 3.32. The van der Waals surface area contributed by atoms with Crippen LogP contribution in [0.2, 0.25) is 10.0 Å². The van der Waals surface area contributed by atoms with Crippen molar-refractivity contribution in [2.75, 3.05) is 5.73 Å². The smallest absolute Gasteiger partial charge is 0.197 e. The fraction of sp³-hybridized carbons (Fsp3) is 0.0714. The highest BCUT2D eigenvalue weighted by Crippen LogP contribution is 2.24. The van der Waals surface area contributed by atoms with Gasteiger partial charge in [0, 0.05) is 5.69 Å². The Labute approximate surface area is 133 Å². The van der Waals surface area contributed by atoms with Crippen molar-refractivity contribution in [2.24, 2.45) is 0 Å². The number of hydrogen-bond acceptors (Lipinski definition) is 3. The topological polar surface area (TPSA) is 71.8 Å². The molecule has 4 nitrogen and oxygen atoms in total. The molecule has 108 valence electrons. The maximum absolute atomic E-state index is 12.4. The molecule has 3 N–H and O–H groups in total. The molecule has 0 aliphatic rings. The van der Waals surface area contributed by atoms with Crippen molar-refractivity contribution in [1.82, 2.24) is 9.97 Å². The van der Waals surface area contributed by atoms with E-state index in [-0.39, 0.29) is 0 Å². The van der Waals surface area contributed by atoms with E-state index >= 15 is 0 Å². The summed E-state index contributed by atoms with van der Waals surface area (Å²) in [5.74, 6) is 0.312. The number of rotatable bonds is 3. The standard InChI is InChI=1S/C14H11Cl2N3OS/c15-10-3-1-8(5-11(10)16)7-21(20)14-18-12-4-2-9(17)6-13(12)19-14/h1-6H,7,17H2,(H,18,19). The molecule has 1 unspecified atom stereocenters. The molecule has 1 atom stereocenters. The third-order valence-corrected chi connectivity index (χ3v) is 4.94. The van der Waals surface area contributed by atoms with Crippen LogP contribution in [0.1, 0.15) is 5.56 Å². The molecule has 0 radical (unpaired) electrons. The van der Waals surface area contributed by atoms with Gasteiger partial charge in [0.1, 0.15) is 0 Å². The van der Waals surface area contributed by atoms with Crippen molar-refractivity contribution in [3.63, 3.8) is 0 Å². The zero-order valence-corrected chi connectivity index (χ0v) is 13.1. The van der Waals surface area contributed by atoms with E-state index in [9.17, 15) is 4.21 Å².